The van der Waals surface area contributed by atoms with Gasteiger partial charge in [0.15, 0.2) is 0 Å². The van der Waals surface area contributed by atoms with Crippen LogP contribution in [0.5, 0.6) is 0 Å². The largest absolute Gasteiger partial charge is 0.388 e. The second-order valence-electron chi connectivity index (χ2n) is 6.48. The standard InChI is InChI=1S/C15H20BrNOS.C2H6O/c1-14(2,3)19-17-15(8-9-18)7-6-11-10-12(16)4-5-13(11)15;1-3-2/h4-5,9-10,17H,6-8H2,1-3H3;1-2H3/t15-;/m0./s1. The highest BCUT2D eigenvalue weighted by atomic mass is 79.9. The highest BCUT2D eigenvalue weighted by Gasteiger charge is 2.39. The number of nitrogens with one attached hydrogen (secondary N) is 1. The van der Waals surface area contributed by atoms with E-state index in [9.17, 15) is 4.79 Å². The molecule has 5 heteroatoms. The van der Waals surface area contributed by atoms with E-state index in [1.54, 1.807) is 26.2 Å². The van der Waals surface area contributed by atoms with E-state index >= 15 is 0 Å². The number of hydrogen-bond acceptors (Lipinski definition) is 4. The minimum Gasteiger partial charge on any atom is -0.388 e. The van der Waals surface area contributed by atoms with Crippen molar-refractivity contribution in [1.29, 1.82) is 0 Å². The van der Waals surface area contributed by atoms with E-state index in [2.05, 4.69) is 64.4 Å². The van der Waals surface area contributed by atoms with Crippen LogP contribution in [0.25, 0.3) is 0 Å². The lowest BCUT2D eigenvalue weighted by molar-refractivity contribution is -0.109. The van der Waals surface area contributed by atoms with Gasteiger partial charge in [-0.3, -0.25) is 4.72 Å². The Kier molecular flexibility index (Phi) is 7.59. The van der Waals surface area contributed by atoms with Gasteiger partial charge in [-0.15, -0.1) is 0 Å². The first-order valence-electron chi connectivity index (χ1n) is 7.36. The van der Waals surface area contributed by atoms with Gasteiger partial charge in [-0.25, -0.2) is 0 Å². The van der Waals surface area contributed by atoms with Crippen molar-refractivity contribution in [3.05, 3.63) is 33.8 Å². The molecule has 0 unspecified atom stereocenters. The molecular weight excluding hydrogens is 362 g/mol. The number of methoxy groups -OCH3 is 1. The summed E-state index contributed by atoms with van der Waals surface area (Å²) in [5, 5.41) is 0. The van der Waals surface area contributed by atoms with Crippen LogP contribution in [0.3, 0.4) is 0 Å². The molecule has 0 saturated carbocycles. The SMILES string of the molecule is CC(C)(C)SN[C@]1(CC=O)CCc2cc(Br)ccc21.COC. The number of fused-ring (bicyclic) bond motifs is 1. The lowest BCUT2D eigenvalue weighted by atomic mass is 9.90. The minimum absolute atomic E-state index is 0.133. The van der Waals surface area contributed by atoms with E-state index in [1.165, 1.54) is 11.1 Å². The molecule has 1 aromatic rings. The second kappa shape index (κ2) is 8.48. The molecule has 1 aliphatic rings. The van der Waals surface area contributed by atoms with Gasteiger partial charge in [0, 0.05) is 29.9 Å². The zero-order chi connectivity index (χ0) is 16.8. The normalized spacial score (nSPS) is 20.1. The summed E-state index contributed by atoms with van der Waals surface area (Å²) in [5.74, 6) is 0. The lowest BCUT2D eigenvalue weighted by Crippen LogP contribution is -2.39. The fraction of sp³-hybridized carbons (Fsp3) is 0.588. The van der Waals surface area contributed by atoms with Crippen LogP contribution in [-0.4, -0.2) is 25.3 Å². The summed E-state index contributed by atoms with van der Waals surface area (Å²) in [4.78, 5) is 11.1. The Morgan fingerprint density at radius 3 is 2.59 bits per heavy atom. The molecule has 0 heterocycles. The summed E-state index contributed by atoms with van der Waals surface area (Å²) in [6.07, 6.45) is 3.58. The van der Waals surface area contributed by atoms with Crippen molar-refractivity contribution < 1.29 is 9.53 Å². The number of aryl methyl sites for hydroxylation is 1. The molecule has 0 aliphatic heterocycles. The van der Waals surface area contributed by atoms with Crippen molar-refractivity contribution in [2.45, 2.75) is 50.3 Å². The Hall–Kier alpha value is -0.360. The molecule has 0 spiro atoms. The zero-order valence-corrected chi connectivity index (χ0v) is 16.4. The van der Waals surface area contributed by atoms with Crippen molar-refractivity contribution in [3.8, 4) is 0 Å². The van der Waals surface area contributed by atoms with Crippen molar-refractivity contribution in [1.82, 2.24) is 4.72 Å². The van der Waals surface area contributed by atoms with Gasteiger partial charge in [0.1, 0.15) is 6.29 Å². The van der Waals surface area contributed by atoms with Gasteiger partial charge in [0.05, 0.1) is 5.54 Å². The quantitative estimate of drug-likeness (QED) is 0.610. The molecule has 0 amide bonds. The highest BCUT2D eigenvalue weighted by Crippen LogP contribution is 2.42. The maximum atomic E-state index is 11.1. The molecule has 3 nitrogen and oxygen atoms in total. The predicted molar refractivity (Wildman–Crippen MR) is 98.2 cm³/mol. The molecule has 1 aliphatic carbocycles. The van der Waals surface area contributed by atoms with Crippen LogP contribution < -0.4 is 4.72 Å². The minimum atomic E-state index is -0.199. The Bertz CT molecular complexity index is 502. The molecule has 0 aromatic heterocycles. The second-order valence-corrected chi connectivity index (χ2v) is 9.03. The molecule has 0 radical (unpaired) electrons. The average Bonchev–Trinajstić information content (AvgIpc) is 2.76. The van der Waals surface area contributed by atoms with Gasteiger partial charge in [-0.05, 0) is 56.9 Å². The van der Waals surface area contributed by atoms with Gasteiger partial charge < -0.3 is 9.53 Å². The van der Waals surface area contributed by atoms with Crippen molar-refractivity contribution in [3.63, 3.8) is 0 Å². The summed E-state index contributed by atoms with van der Waals surface area (Å²) in [6, 6.07) is 6.38. The zero-order valence-electron chi connectivity index (χ0n) is 14.0. The smallest absolute Gasteiger partial charge is 0.122 e. The van der Waals surface area contributed by atoms with Gasteiger partial charge in [0.2, 0.25) is 0 Å². The van der Waals surface area contributed by atoms with E-state index in [1.807, 2.05) is 0 Å². The number of carbonyl (C=O) groups excluding carboxylic acids is 1. The number of hydrogen-bond donors (Lipinski definition) is 1. The first kappa shape index (κ1) is 19.7. The Morgan fingerprint density at radius 1 is 1.41 bits per heavy atom. The van der Waals surface area contributed by atoms with Crippen LogP contribution in [0.2, 0.25) is 0 Å². The summed E-state index contributed by atoms with van der Waals surface area (Å²) in [5.41, 5.74) is 2.42. The fourth-order valence-electron chi connectivity index (χ4n) is 2.47. The maximum absolute atomic E-state index is 11.1. The number of halogens is 1. The summed E-state index contributed by atoms with van der Waals surface area (Å²) < 4.78 is 9.07. The topological polar surface area (TPSA) is 38.3 Å². The van der Waals surface area contributed by atoms with E-state index in [-0.39, 0.29) is 10.3 Å². The molecule has 0 bridgehead atoms. The third kappa shape index (κ3) is 5.37. The number of benzene rings is 1. The average molecular weight is 388 g/mol. The Labute approximate surface area is 146 Å². The molecule has 0 fully saturated rings. The fourth-order valence-corrected chi connectivity index (χ4v) is 3.68. The predicted octanol–water partition coefficient (Wildman–Crippen LogP) is 4.48. The molecule has 22 heavy (non-hydrogen) atoms. The molecule has 2 rings (SSSR count). The Balaban J connectivity index is 0.000000745. The van der Waals surface area contributed by atoms with E-state index in [4.69, 9.17) is 0 Å². The van der Waals surface area contributed by atoms with Crippen LogP contribution >= 0.6 is 27.9 Å². The summed E-state index contributed by atoms with van der Waals surface area (Å²) in [6.45, 7) is 6.53. The van der Waals surface area contributed by atoms with E-state index in [0.717, 1.165) is 23.6 Å². The highest BCUT2D eigenvalue weighted by molar-refractivity contribution is 9.10. The van der Waals surface area contributed by atoms with Gasteiger partial charge in [0.25, 0.3) is 0 Å². The van der Waals surface area contributed by atoms with Gasteiger partial charge in [-0.2, -0.15) is 0 Å². The van der Waals surface area contributed by atoms with Crippen molar-refractivity contribution in [2.75, 3.05) is 14.2 Å². The molecule has 1 N–H and O–H groups in total. The lowest BCUT2D eigenvalue weighted by Gasteiger charge is -2.32. The molecule has 0 saturated heterocycles. The summed E-state index contributed by atoms with van der Waals surface area (Å²) in [7, 11) is 3.25. The van der Waals surface area contributed by atoms with Crippen molar-refractivity contribution in [2.24, 2.45) is 0 Å². The summed E-state index contributed by atoms with van der Waals surface area (Å²) >= 11 is 5.23. The van der Waals surface area contributed by atoms with Crippen LogP contribution in [0, 0.1) is 0 Å². The number of ether oxygens (including phenoxy) is 1. The third-order valence-corrected chi connectivity index (χ3v) is 4.99. The van der Waals surface area contributed by atoms with Crippen LogP contribution in [0.15, 0.2) is 22.7 Å². The third-order valence-electron chi connectivity index (χ3n) is 3.39. The molecular formula is C17H26BrNO2S. The molecule has 1 atom stereocenters. The van der Waals surface area contributed by atoms with Crippen LogP contribution in [0.1, 0.15) is 44.7 Å². The van der Waals surface area contributed by atoms with E-state index in [0.29, 0.717) is 6.42 Å². The molecule has 1 aromatic carbocycles. The first-order valence-corrected chi connectivity index (χ1v) is 8.97. The van der Waals surface area contributed by atoms with Gasteiger partial charge >= 0.3 is 0 Å². The van der Waals surface area contributed by atoms with Gasteiger partial charge in [-0.1, -0.05) is 33.9 Å². The van der Waals surface area contributed by atoms with Crippen LogP contribution in [0.4, 0.5) is 0 Å². The number of rotatable bonds is 4. The first-order chi connectivity index (χ1) is 10.3. The number of aldehydes is 1. The van der Waals surface area contributed by atoms with Crippen molar-refractivity contribution >= 4 is 34.2 Å². The van der Waals surface area contributed by atoms with E-state index < -0.39 is 0 Å². The Morgan fingerprint density at radius 2 is 2.05 bits per heavy atom. The monoisotopic (exact) mass is 387 g/mol. The molecule has 124 valence electrons. The maximum Gasteiger partial charge on any atom is 0.122 e. The number of carbonyl (C=O) groups is 1. The van der Waals surface area contributed by atoms with Crippen LogP contribution in [-0.2, 0) is 21.5 Å².